The van der Waals surface area contributed by atoms with Crippen molar-refractivity contribution in [2.24, 2.45) is 0 Å². The molecule has 1 aliphatic carbocycles. The molecule has 2 heterocycles. The molecule has 7 aromatic carbocycles. The van der Waals surface area contributed by atoms with Crippen molar-refractivity contribution in [3.8, 4) is 11.1 Å². The van der Waals surface area contributed by atoms with Crippen molar-refractivity contribution in [1.29, 1.82) is 0 Å². The molecule has 67 heavy (non-hydrogen) atoms. The van der Waals surface area contributed by atoms with Crippen LogP contribution in [-0.2, 0) is 10.8 Å². The third-order valence-electron chi connectivity index (χ3n) is 14.1. The van der Waals surface area contributed by atoms with Gasteiger partial charge < -0.3 is 9.80 Å². The molecule has 0 fully saturated rings. The van der Waals surface area contributed by atoms with Gasteiger partial charge in [-0.1, -0.05) is 84.9 Å². The number of aryl methyl sites for hydroxylation is 2. The van der Waals surface area contributed by atoms with Gasteiger partial charge >= 0.3 is 6.18 Å². The Morgan fingerprint density at radius 1 is 0.478 bits per heavy atom. The lowest BCUT2D eigenvalue weighted by atomic mass is 9.67. The minimum absolute atomic E-state index is 0.0158. The van der Waals surface area contributed by atoms with Crippen LogP contribution in [-0.4, -0.2) is 58.0 Å². The highest BCUT2D eigenvalue weighted by Gasteiger charge is 2.55. The van der Waals surface area contributed by atoms with E-state index in [0.29, 0.717) is 11.3 Å². The number of benzene rings is 7. The van der Waals surface area contributed by atoms with Gasteiger partial charge in [-0.2, -0.15) is 13.2 Å². The highest BCUT2D eigenvalue weighted by atomic mass is 19.4. The molecular weight excluding hydrogens is 850 g/mol. The smallest absolute Gasteiger partial charge is 0.378 e. The number of anilines is 4. The standard InChI is InChI=1S/C56H45F3N4O4/c1-32-29-49(33(2)28-48(32)61(6)7)63-51(65)43-27-21-37(31-45(43)53(63)67)54(3,56(57,58)59)36-20-26-42-44(30-36)52(66)62(50(42)64)39-24-18-35(19-25-39)55(34-16-22-38(23-17-34)60(4)5)46-14-10-8-12-40(46)41-13-9-11-15-47(41)55/h8-31H,1-7H3. The first-order chi connectivity index (χ1) is 31.9. The van der Waals surface area contributed by atoms with E-state index in [9.17, 15) is 19.2 Å². The molecule has 4 amide bonds. The molecule has 1 unspecified atom stereocenters. The number of rotatable bonds is 8. The van der Waals surface area contributed by atoms with Crippen molar-refractivity contribution in [3.05, 3.63) is 212 Å². The first-order valence-corrected chi connectivity index (χ1v) is 21.9. The van der Waals surface area contributed by atoms with E-state index in [4.69, 9.17) is 0 Å². The maximum atomic E-state index is 15.6. The van der Waals surface area contributed by atoms with E-state index >= 15 is 13.2 Å². The number of amides is 4. The lowest BCUT2D eigenvalue weighted by molar-refractivity contribution is -0.173. The van der Waals surface area contributed by atoms with Crippen LogP contribution in [0.2, 0.25) is 0 Å². The van der Waals surface area contributed by atoms with Gasteiger partial charge in [0.2, 0.25) is 0 Å². The van der Waals surface area contributed by atoms with Gasteiger partial charge in [0.1, 0.15) is 5.41 Å². The Morgan fingerprint density at radius 2 is 0.940 bits per heavy atom. The van der Waals surface area contributed by atoms with Gasteiger partial charge in [0.15, 0.2) is 0 Å². The highest BCUT2D eigenvalue weighted by Crippen LogP contribution is 2.56. The second-order valence-electron chi connectivity index (χ2n) is 18.2. The fraction of sp³-hybridized carbons (Fsp3) is 0.179. The third-order valence-corrected chi connectivity index (χ3v) is 14.1. The first-order valence-electron chi connectivity index (χ1n) is 21.9. The van der Waals surface area contributed by atoms with Crippen LogP contribution in [0, 0.1) is 13.8 Å². The molecule has 0 spiro atoms. The average Bonchev–Trinajstić information content (AvgIpc) is 3.86. The summed E-state index contributed by atoms with van der Waals surface area (Å²) in [6.07, 6.45) is -4.95. The van der Waals surface area contributed by atoms with Crippen LogP contribution in [0.5, 0.6) is 0 Å². The maximum absolute atomic E-state index is 15.6. The Bertz CT molecular complexity index is 3220. The largest absolute Gasteiger partial charge is 0.402 e. The van der Waals surface area contributed by atoms with Gasteiger partial charge in [-0.25, -0.2) is 9.80 Å². The molecule has 1 atom stereocenters. The van der Waals surface area contributed by atoms with Gasteiger partial charge in [0.05, 0.1) is 39.0 Å². The lowest BCUT2D eigenvalue weighted by Gasteiger charge is -2.34. The second kappa shape index (κ2) is 15.1. The average molecular weight is 895 g/mol. The zero-order valence-corrected chi connectivity index (χ0v) is 37.9. The van der Waals surface area contributed by atoms with E-state index in [-0.39, 0.29) is 39.1 Å². The van der Waals surface area contributed by atoms with Crippen molar-refractivity contribution in [2.45, 2.75) is 37.8 Å². The Kier molecular flexibility index (Phi) is 9.74. The van der Waals surface area contributed by atoms with Crippen LogP contribution >= 0.6 is 0 Å². The van der Waals surface area contributed by atoms with Gasteiger partial charge in [-0.05, 0) is 137 Å². The van der Waals surface area contributed by atoms with Gasteiger partial charge in [-0.3, -0.25) is 19.2 Å². The molecule has 0 N–H and O–H groups in total. The van der Waals surface area contributed by atoms with Crippen LogP contribution in [0.4, 0.5) is 35.9 Å². The number of fused-ring (bicyclic) bond motifs is 5. The number of hydrogen-bond donors (Lipinski definition) is 0. The van der Waals surface area contributed by atoms with Crippen LogP contribution in [0.25, 0.3) is 11.1 Å². The summed E-state index contributed by atoms with van der Waals surface area (Å²) in [4.78, 5) is 62.2. The first kappa shape index (κ1) is 43.1. The fourth-order valence-electron chi connectivity index (χ4n) is 10.5. The summed E-state index contributed by atoms with van der Waals surface area (Å²) in [7, 11) is 7.73. The minimum atomic E-state index is -4.95. The monoisotopic (exact) mass is 894 g/mol. The Labute approximate surface area is 386 Å². The Hall–Kier alpha value is -7.79. The number of hydrogen-bond acceptors (Lipinski definition) is 6. The molecule has 8 nitrogen and oxygen atoms in total. The van der Waals surface area contributed by atoms with Gasteiger partial charge in [0.25, 0.3) is 23.6 Å². The SMILES string of the molecule is Cc1cc(N2C(=O)c3ccc(C(C)(c4ccc5c(c4)C(=O)N(c4ccc(C6(c7ccc(N(C)C)cc7)c7ccccc7-c7ccccc76)cc4)C5=O)C(F)(F)F)cc3C2=O)c(C)cc1N(C)C. The molecule has 0 bridgehead atoms. The molecule has 3 aliphatic rings. The molecule has 7 aromatic rings. The number of nitrogens with zero attached hydrogens (tertiary/aromatic N) is 4. The normalized spacial score (nSPS) is 15.6. The Morgan fingerprint density at radius 3 is 1.43 bits per heavy atom. The number of alkyl halides is 3. The summed E-state index contributed by atoms with van der Waals surface area (Å²) in [6, 6.07) is 43.0. The fourth-order valence-corrected chi connectivity index (χ4v) is 10.5. The van der Waals surface area contributed by atoms with Crippen LogP contribution in [0.15, 0.2) is 146 Å². The summed E-state index contributed by atoms with van der Waals surface area (Å²) < 4.78 is 46.9. The van der Waals surface area contributed by atoms with E-state index in [1.165, 1.54) is 24.3 Å². The molecule has 0 radical (unpaired) electrons. The Balaban J connectivity index is 1.01. The third kappa shape index (κ3) is 6.13. The van der Waals surface area contributed by atoms with Crippen LogP contribution in [0.3, 0.4) is 0 Å². The van der Waals surface area contributed by atoms with Crippen molar-refractivity contribution >= 4 is 46.4 Å². The van der Waals surface area contributed by atoms with E-state index in [2.05, 4.69) is 48.5 Å². The van der Waals surface area contributed by atoms with Gasteiger partial charge in [-0.15, -0.1) is 0 Å². The predicted octanol–water partition coefficient (Wildman–Crippen LogP) is 11.3. The summed E-state index contributed by atoms with van der Waals surface area (Å²) >= 11 is 0. The maximum Gasteiger partial charge on any atom is 0.402 e. The van der Waals surface area contributed by atoms with E-state index in [0.717, 1.165) is 79.2 Å². The van der Waals surface area contributed by atoms with Crippen molar-refractivity contribution in [3.63, 3.8) is 0 Å². The molecule has 2 aliphatic heterocycles. The minimum Gasteiger partial charge on any atom is -0.378 e. The van der Waals surface area contributed by atoms with Gasteiger partial charge in [0, 0.05) is 39.6 Å². The number of carbonyl (C=O) groups is 4. The van der Waals surface area contributed by atoms with E-state index in [1.54, 1.807) is 25.1 Å². The summed E-state index contributed by atoms with van der Waals surface area (Å²) in [5.41, 5.74) is 5.77. The summed E-state index contributed by atoms with van der Waals surface area (Å²) in [6.45, 7) is 4.60. The molecule has 0 saturated heterocycles. The summed E-state index contributed by atoms with van der Waals surface area (Å²) in [5.74, 6) is -2.80. The lowest BCUT2D eigenvalue weighted by Crippen LogP contribution is -2.41. The quantitative estimate of drug-likeness (QED) is 0.141. The molecule has 11 heteroatoms. The molecule has 0 aromatic heterocycles. The zero-order chi connectivity index (χ0) is 47.5. The van der Waals surface area contributed by atoms with Crippen molar-refractivity contribution in [1.82, 2.24) is 0 Å². The zero-order valence-electron chi connectivity index (χ0n) is 37.9. The van der Waals surface area contributed by atoms with E-state index < -0.39 is 40.6 Å². The number of imide groups is 2. The number of halogens is 3. The highest BCUT2D eigenvalue weighted by molar-refractivity contribution is 6.35. The number of carbonyl (C=O) groups excluding carboxylic acids is 4. The topological polar surface area (TPSA) is 81.2 Å². The van der Waals surface area contributed by atoms with Crippen LogP contribution < -0.4 is 19.6 Å². The molecule has 10 rings (SSSR count). The van der Waals surface area contributed by atoms with E-state index in [1.807, 2.05) is 87.4 Å². The van der Waals surface area contributed by atoms with Crippen molar-refractivity contribution < 1.29 is 32.3 Å². The molecular formula is C56H45F3N4O4. The summed E-state index contributed by atoms with van der Waals surface area (Å²) in [5, 5.41) is 0. The second-order valence-corrected chi connectivity index (χ2v) is 18.2. The van der Waals surface area contributed by atoms with Crippen LogP contribution in [0.1, 0.15) is 92.9 Å². The molecule has 334 valence electrons. The molecule has 0 saturated carbocycles. The predicted molar refractivity (Wildman–Crippen MR) is 256 cm³/mol. The van der Waals surface area contributed by atoms with Crippen molar-refractivity contribution in [2.75, 3.05) is 47.8 Å².